The molecule has 178 valence electrons. The van der Waals surface area contributed by atoms with Crippen LogP contribution in [-0.2, 0) is 16.6 Å². The number of piperidine rings is 1. The Balaban J connectivity index is 1.53. The van der Waals surface area contributed by atoms with Gasteiger partial charge in [0.2, 0.25) is 0 Å². The van der Waals surface area contributed by atoms with Gasteiger partial charge in [0.1, 0.15) is 5.82 Å². The first-order valence-corrected chi connectivity index (χ1v) is 12.5. The number of nitro benzene ring substituents is 1. The van der Waals surface area contributed by atoms with Gasteiger partial charge in [-0.25, -0.2) is 12.8 Å². The molecule has 0 aromatic heterocycles. The van der Waals surface area contributed by atoms with Gasteiger partial charge in [0.25, 0.3) is 15.7 Å². The van der Waals surface area contributed by atoms with Crippen LogP contribution >= 0.6 is 0 Å². The first-order valence-electron chi connectivity index (χ1n) is 11.1. The van der Waals surface area contributed by atoms with E-state index in [4.69, 9.17) is 0 Å². The topological polar surface area (TPSA) is 83.8 Å². The summed E-state index contributed by atoms with van der Waals surface area (Å²) in [5.41, 5.74) is 2.42. The number of hydrogen-bond donors (Lipinski definition) is 0. The maximum atomic E-state index is 13.7. The fourth-order valence-corrected chi connectivity index (χ4v) is 5.96. The lowest BCUT2D eigenvalue weighted by Crippen LogP contribution is -2.47. The smallest absolute Gasteiger partial charge is 0.269 e. The highest BCUT2D eigenvalue weighted by Gasteiger charge is 2.34. The summed E-state index contributed by atoms with van der Waals surface area (Å²) in [6.45, 7) is 3.87. The number of aryl methyl sites for hydroxylation is 1. The Morgan fingerprint density at radius 1 is 0.971 bits per heavy atom. The largest absolute Gasteiger partial charge is 0.299 e. The van der Waals surface area contributed by atoms with Gasteiger partial charge in [0.05, 0.1) is 15.5 Å². The minimum Gasteiger partial charge on any atom is -0.299 e. The van der Waals surface area contributed by atoms with E-state index in [9.17, 15) is 22.9 Å². The van der Waals surface area contributed by atoms with Gasteiger partial charge in [-0.3, -0.25) is 19.3 Å². The molecule has 0 unspecified atom stereocenters. The van der Waals surface area contributed by atoms with Gasteiger partial charge in [-0.05, 0) is 61.7 Å². The molecule has 1 heterocycles. The predicted molar refractivity (Wildman–Crippen MR) is 129 cm³/mol. The van der Waals surface area contributed by atoms with Crippen molar-refractivity contribution in [2.24, 2.45) is 0 Å². The van der Waals surface area contributed by atoms with E-state index in [1.54, 1.807) is 36.4 Å². The molecule has 4 rings (SSSR count). The molecule has 34 heavy (non-hydrogen) atoms. The summed E-state index contributed by atoms with van der Waals surface area (Å²) in [4.78, 5) is 12.8. The number of non-ortho nitro benzene ring substituents is 1. The minimum absolute atomic E-state index is 0.0544. The van der Waals surface area contributed by atoms with E-state index in [1.165, 1.54) is 40.7 Å². The molecule has 3 aromatic rings. The number of sulfonamides is 1. The van der Waals surface area contributed by atoms with E-state index in [2.05, 4.69) is 4.90 Å². The molecule has 1 fully saturated rings. The molecule has 0 spiro atoms. The van der Waals surface area contributed by atoms with Gasteiger partial charge in [-0.15, -0.1) is 0 Å². The number of nitrogens with zero attached hydrogens (tertiary/aromatic N) is 3. The summed E-state index contributed by atoms with van der Waals surface area (Å²) in [7, 11) is -3.84. The van der Waals surface area contributed by atoms with E-state index in [0.717, 1.165) is 11.1 Å². The maximum absolute atomic E-state index is 13.7. The van der Waals surface area contributed by atoms with E-state index in [-0.39, 0.29) is 16.6 Å². The Morgan fingerprint density at radius 2 is 1.56 bits per heavy atom. The van der Waals surface area contributed by atoms with Crippen LogP contribution in [-0.4, -0.2) is 37.4 Å². The molecule has 0 bridgehead atoms. The monoisotopic (exact) mass is 483 g/mol. The van der Waals surface area contributed by atoms with Crippen molar-refractivity contribution in [2.45, 2.75) is 37.2 Å². The van der Waals surface area contributed by atoms with E-state index < -0.39 is 20.8 Å². The number of hydrogen-bond acceptors (Lipinski definition) is 5. The fraction of sp³-hybridized carbons (Fsp3) is 0.280. The summed E-state index contributed by atoms with van der Waals surface area (Å²) < 4.78 is 42.3. The maximum Gasteiger partial charge on any atom is 0.269 e. The van der Waals surface area contributed by atoms with Gasteiger partial charge in [0, 0.05) is 37.8 Å². The summed E-state index contributed by atoms with van der Waals surface area (Å²) in [5.74, 6) is -0.422. The van der Waals surface area contributed by atoms with Gasteiger partial charge >= 0.3 is 0 Å². The Kier molecular flexibility index (Phi) is 6.95. The van der Waals surface area contributed by atoms with Crippen molar-refractivity contribution in [3.63, 3.8) is 0 Å². The molecule has 9 heteroatoms. The lowest BCUT2D eigenvalue weighted by atomic mass is 10.0. The van der Waals surface area contributed by atoms with Crippen molar-refractivity contribution < 1.29 is 17.7 Å². The summed E-state index contributed by atoms with van der Waals surface area (Å²) in [6.07, 6.45) is 1.21. The quantitative estimate of drug-likeness (QED) is 0.353. The van der Waals surface area contributed by atoms with E-state index in [0.29, 0.717) is 38.2 Å². The lowest BCUT2D eigenvalue weighted by Gasteiger charge is -2.39. The fourth-order valence-electron chi connectivity index (χ4n) is 4.25. The van der Waals surface area contributed by atoms with Crippen LogP contribution in [0.1, 0.15) is 24.0 Å². The number of likely N-dealkylation sites (tertiary alicyclic amines) is 1. The van der Waals surface area contributed by atoms with Crippen LogP contribution in [0.3, 0.4) is 0 Å². The molecule has 1 aliphatic heterocycles. The molecule has 0 aliphatic carbocycles. The molecule has 7 nitrogen and oxygen atoms in total. The molecule has 0 atom stereocenters. The van der Waals surface area contributed by atoms with Gasteiger partial charge in [-0.2, -0.15) is 0 Å². The molecular weight excluding hydrogens is 457 g/mol. The number of rotatable bonds is 7. The second-order valence-corrected chi connectivity index (χ2v) is 10.3. The molecule has 0 N–H and O–H groups in total. The van der Waals surface area contributed by atoms with Crippen molar-refractivity contribution in [2.75, 3.05) is 17.4 Å². The highest BCUT2D eigenvalue weighted by atomic mass is 32.2. The third-order valence-electron chi connectivity index (χ3n) is 6.10. The second-order valence-electron chi connectivity index (χ2n) is 8.52. The Hall–Kier alpha value is -3.30. The number of halogens is 1. The van der Waals surface area contributed by atoms with Crippen LogP contribution in [0.2, 0.25) is 0 Å². The predicted octanol–water partition coefficient (Wildman–Crippen LogP) is 4.90. The second kappa shape index (κ2) is 9.90. The minimum atomic E-state index is -3.84. The van der Waals surface area contributed by atoms with Crippen LogP contribution in [0.15, 0.2) is 77.7 Å². The average Bonchev–Trinajstić information content (AvgIpc) is 2.82. The standard InChI is InChI=1S/C25H26FN3O4S/c1-19-2-12-25(13-3-19)34(32,33)28(22-10-6-21(26)7-11-22)23-14-16-27(17-15-23)18-20-4-8-24(9-5-20)29(30)31/h2-13,23H,14-18H2,1H3. The van der Waals surface area contributed by atoms with Crippen molar-refractivity contribution in [1.82, 2.24) is 4.90 Å². The zero-order valence-corrected chi connectivity index (χ0v) is 19.6. The zero-order valence-electron chi connectivity index (χ0n) is 18.8. The van der Waals surface area contributed by atoms with Crippen LogP contribution in [0, 0.1) is 22.9 Å². The number of nitro groups is 1. The normalized spacial score (nSPS) is 15.2. The van der Waals surface area contributed by atoms with E-state index in [1.807, 2.05) is 6.92 Å². The van der Waals surface area contributed by atoms with Crippen molar-refractivity contribution in [1.29, 1.82) is 0 Å². The molecule has 0 radical (unpaired) electrons. The van der Waals surface area contributed by atoms with Crippen LogP contribution in [0.4, 0.5) is 15.8 Å². The lowest BCUT2D eigenvalue weighted by molar-refractivity contribution is -0.384. The third-order valence-corrected chi connectivity index (χ3v) is 8.00. The highest BCUT2D eigenvalue weighted by Crippen LogP contribution is 2.31. The van der Waals surface area contributed by atoms with Gasteiger partial charge < -0.3 is 0 Å². The molecule has 1 saturated heterocycles. The Labute approximate surface area is 198 Å². The average molecular weight is 484 g/mol. The zero-order chi connectivity index (χ0) is 24.3. The van der Waals surface area contributed by atoms with Crippen LogP contribution in [0.5, 0.6) is 0 Å². The number of benzene rings is 3. The van der Waals surface area contributed by atoms with Gasteiger partial charge in [0.15, 0.2) is 0 Å². The van der Waals surface area contributed by atoms with E-state index >= 15 is 0 Å². The molecular formula is C25H26FN3O4S. The molecule has 3 aromatic carbocycles. The van der Waals surface area contributed by atoms with Crippen LogP contribution < -0.4 is 4.31 Å². The third kappa shape index (κ3) is 5.26. The Bertz CT molecular complexity index is 1240. The van der Waals surface area contributed by atoms with Crippen LogP contribution in [0.25, 0.3) is 0 Å². The van der Waals surface area contributed by atoms with Gasteiger partial charge in [-0.1, -0.05) is 29.8 Å². The summed E-state index contributed by atoms with van der Waals surface area (Å²) >= 11 is 0. The molecule has 0 saturated carbocycles. The highest BCUT2D eigenvalue weighted by molar-refractivity contribution is 7.92. The Morgan fingerprint density at radius 3 is 2.12 bits per heavy atom. The molecule has 1 aliphatic rings. The molecule has 0 amide bonds. The van der Waals surface area contributed by atoms with Crippen molar-refractivity contribution in [3.8, 4) is 0 Å². The number of anilines is 1. The first-order chi connectivity index (χ1) is 16.2. The van der Waals surface area contributed by atoms with Crippen molar-refractivity contribution in [3.05, 3.63) is 99.9 Å². The summed E-state index contributed by atoms with van der Waals surface area (Å²) in [6, 6.07) is 18.5. The van der Waals surface area contributed by atoms with Crippen molar-refractivity contribution >= 4 is 21.4 Å². The SMILES string of the molecule is Cc1ccc(S(=O)(=O)N(c2ccc(F)cc2)C2CCN(Cc3ccc([N+](=O)[O-])cc3)CC2)cc1. The first kappa shape index (κ1) is 23.8. The summed E-state index contributed by atoms with van der Waals surface area (Å²) in [5, 5.41) is 10.9.